The van der Waals surface area contributed by atoms with Crippen LogP contribution in [-0.4, -0.2) is 16.8 Å². The number of aryl methyl sites for hydroxylation is 2. The summed E-state index contributed by atoms with van der Waals surface area (Å²) >= 11 is 0. The van der Waals surface area contributed by atoms with Crippen molar-refractivity contribution in [1.29, 1.82) is 0 Å². The smallest absolute Gasteiger partial charge is 0.339 e. The van der Waals surface area contributed by atoms with Crippen LogP contribution in [0.4, 0.5) is 4.79 Å². The molecular formula is C15H19N3O. The number of amides is 2. The van der Waals surface area contributed by atoms with Crippen molar-refractivity contribution in [3.05, 3.63) is 47.2 Å². The van der Waals surface area contributed by atoms with Crippen LogP contribution in [0.2, 0.25) is 0 Å². The molecule has 0 saturated carbocycles. The molecule has 1 aromatic carbocycles. The fourth-order valence-electron chi connectivity index (χ4n) is 2.12. The number of benzene rings is 1. The lowest BCUT2D eigenvalue weighted by molar-refractivity contribution is 0.224. The Kier molecular flexibility index (Phi) is 3.18. The third-order valence-corrected chi connectivity index (χ3v) is 3.32. The molecule has 1 aliphatic rings. The van der Waals surface area contributed by atoms with Gasteiger partial charge in [-0.25, -0.2) is 4.79 Å². The van der Waals surface area contributed by atoms with Crippen molar-refractivity contribution in [2.24, 2.45) is 16.3 Å². The topological polar surface area (TPSA) is 58.7 Å². The Morgan fingerprint density at radius 1 is 1.32 bits per heavy atom. The van der Waals surface area contributed by atoms with Gasteiger partial charge in [0.2, 0.25) is 0 Å². The highest BCUT2D eigenvalue weighted by molar-refractivity contribution is 6.07. The summed E-state index contributed by atoms with van der Waals surface area (Å²) in [6, 6.07) is 5.65. The molecule has 0 bridgehead atoms. The van der Waals surface area contributed by atoms with Crippen LogP contribution in [0.25, 0.3) is 0 Å². The lowest BCUT2D eigenvalue weighted by Crippen LogP contribution is -2.36. The molecule has 100 valence electrons. The summed E-state index contributed by atoms with van der Waals surface area (Å²) < 4.78 is 0. The van der Waals surface area contributed by atoms with Crippen molar-refractivity contribution in [1.82, 2.24) is 5.01 Å². The van der Waals surface area contributed by atoms with E-state index in [1.54, 1.807) is 6.20 Å². The SMILES string of the molecule is Cc1ccc(C)c(C2=NN(C(N)=O)C=CC2(C)C)c1. The first-order valence-corrected chi connectivity index (χ1v) is 6.26. The summed E-state index contributed by atoms with van der Waals surface area (Å²) in [6.07, 6.45) is 3.57. The molecule has 0 aromatic heterocycles. The molecule has 1 aromatic rings. The van der Waals surface area contributed by atoms with E-state index in [2.05, 4.69) is 37.1 Å². The lowest BCUT2D eigenvalue weighted by Gasteiger charge is -2.30. The number of nitrogens with two attached hydrogens (primary N) is 1. The number of rotatable bonds is 1. The third kappa shape index (κ3) is 2.52. The van der Waals surface area contributed by atoms with Gasteiger partial charge in [0, 0.05) is 17.2 Å². The molecule has 19 heavy (non-hydrogen) atoms. The van der Waals surface area contributed by atoms with Crippen LogP contribution in [0.5, 0.6) is 0 Å². The highest BCUT2D eigenvalue weighted by atomic mass is 16.2. The monoisotopic (exact) mass is 257 g/mol. The Bertz CT molecular complexity index is 585. The number of hydrogen-bond donors (Lipinski definition) is 1. The Hall–Kier alpha value is -2.10. The fraction of sp³-hybridized carbons (Fsp3) is 0.333. The molecular weight excluding hydrogens is 238 g/mol. The predicted molar refractivity (Wildman–Crippen MR) is 76.8 cm³/mol. The Balaban J connectivity index is 2.56. The maximum atomic E-state index is 11.3. The van der Waals surface area contributed by atoms with Gasteiger partial charge in [0.15, 0.2) is 0 Å². The van der Waals surface area contributed by atoms with E-state index < -0.39 is 6.03 Å². The van der Waals surface area contributed by atoms with Crippen molar-refractivity contribution < 1.29 is 4.79 Å². The number of primary amides is 1. The van der Waals surface area contributed by atoms with Gasteiger partial charge < -0.3 is 5.73 Å². The zero-order valence-electron chi connectivity index (χ0n) is 11.8. The molecule has 2 amide bonds. The molecule has 1 heterocycles. The summed E-state index contributed by atoms with van der Waals surface area (Å²) in [5, 5.41) is 5.58. The van der Waals surface area contributed by atoms with E-state index in [1.165, 1.54) is 10.6 Å². The Morgan fingerprint density at radius 3 is 2.63 bits per heavy atom. The van der Waals surface area contributed by atoms with Gasteiger partial charge >= 0.3 is 6.03 Å². The second-order valence-electron chi connectivity index (χ2n) is 5.49. The van der Waals surface area contributed by atoms with Crippen molar-refractivity contribution in [3.63, 3.8) is 0 Å². The van der Waals surface area contributed by atoms with Crippen molar-refractivity contribution in [2.45, 2.75) is 27.7 Å². The average molecular weight is 257 g/mol. The molecule has 0 saturated heterocycles. The minimum Gasteiger partial charge on any atom is -0.350 e. The van der Waals surface area contributed by atoms with Crippen LogP contribution in [0.15, 0.2) is 35.6 Å². The van der Waals surface area contributed by atoms with Gasteiger partial charge in [-0.2, -0.15) is 10.1 Å². The van der Waals surface area contributed by atoms with E-state index in [0.717, 1.165) is 16.8 Å². The molecule has 4 heteroatoms. The zero-order valence-corrected chi connectivity index (χ0v) is 11.8. The van der Waals surface area contributed by atoms with Crippen LogP contribution >= 0.6 is 0 Å². The first-order valence-electron chi connectivity index (χ1n) is 6.26. The normalized spacial score (nSPS) is 17.3. The minimum atomic E-state index is -0.574. The molecule has 0 radical (unpaired) electrons. The molecule has 0 fully saturated rings. The molecule has 2 N–H and O–H groups in total. The van der Waals surface area contributed by atoms with Gasteiger partial charge in [-0.3, -0.25) is 0 Å². The highest BCUT2D eigenvalue weighted by Crippen LogP contribution is 2.30. The third-order valence-electron chi connectivity index (χ3n) is 3.32. The minimum absolute atomic E-state index is 0.232. The summed E-state index contributed by atoms with van der Waals surface area (Å²) in [6.45, 7) is 8.23. The van der Waals surface area contributed by atoms with Gasteiger partial charge in [-0.1, -0.05) is 37.6 Å². The van der Waals surface area contributed by atoms with Crippen LogP contribution in [0, 0.1) is 19.3 Å². The molecule has 0 aliphatic carbocycles. The van der Waals surface area contributed by atoms with Gasteiger partial charge in [0.1, 0.15) is 0 Å². The van der Waals surface area contributed by atoms with E-state index in [1.807, 2.05) is 19.9 Å². The molecule has 2 rings (SSSR count). The average Bonchev–Trinajstić information content (AvgIpc) is 2.32. The van der Waals surface area contributed by atoms with Crippen LogP contribution < -0.4 is 5.73 Å². The molecule has 0 unspecified atom stereocenters. The first kappa shape index (κ1) is 13.3. The summed E-state index contributed by atoms with van der Waals surface area (Å²) in [5.74, 6) is 0. The molecule has 1 aliphatic heterocycles. The fourth-order valence-corrected chi connectivity index (χ4v) is 2.12. The number of carbonyl (C=O) groups is 1. The van der Waals surface area contributed by atoms with E-state index in [-0.39, 0.29) is 5.41 Å². The van der Waals surface area contributed by atoms with Gasteiger partial charge in [0.25, 0.3) is 0 Å². The quantitative estimate of drug-likeness (QED) is 0.826. The first-order chi connectivity index (χ1) is 8.81. The number of nitrogens with zero attached hydrogens (tertiary/aromatic N) is 2. The lowest BCUT2D eigenvalue weighted by atomic mass is 9.81. The van der Waals surface area contributed by atoms with Crippen molar-refractivity contribution in [2.75, 3.05) is 0 Å². The number of hydrogen-bond acceptors (Lipinski definition) is 2. The number of carbonyl (C=O) groups excluding carboxylic acids is 1. The van der Waals surface area contributed by atoms with Gasteiger partial charge in [0.05, 0.1) is 5.71 Å². The molecule has 0 atom stereocenters. The Labute approximate surface area is 113 Å². The molecule has 4 nitrogen and oxygen atoms in total. The Morgan fingerprint density at radius 2 is 2.00 bits per heavy atom. The summed E-state index contributed by atoms with van der Waals surface area (Å²) in [5.41, 5.74) is 9.28. The van der Waals surface area contributed by atoms with Gasteiger partial charge in [-0.15, -0.1) is 0 Å². The summed E-state index contributed by atoms with van der Waals surface area (Å²) in [4.78, 5) is 11.3. The zero-order chi connectivity index (χ0) is 14.2. The van der Waals surface area contributed by atoms with Crippen LogP contribution in [0.3, 0.4) is 0 Å². The number of urea groups is 1. The standard InChI is InChI=1S/C15H19N3O/c1-10-5-6-11(2)12(9-10)13-15(3,4)7-8-18(17-13)14(16)19/h5-9H,1-4H3,(H2,16,19). The van der Waals surface area contributed by atoms with E-state index >= 15 is 0 Å². The maximum absolute atomic E-state index is 11.3. The van der Waals surface area contributed by atoms with Crippen molar-refractivity contribution >= 4 is 11.7 Å². The highest BCUT2D eigenvalue weighted by Gasteiger charge is 2.29. The van der Waals surface area contributed by atoms with E-state index in [4.69, 9.17) is 5.73 Å². The van der Waals surface area contributed by atoms with E-state index in [0.29, 0.717) is 0 Å². The van der Waals surface area contributed by atoms with Gasteiger partial charge in [-0.05, 0) is 25.5 Å². The molecule has 0 spiro atoms. The largest absolute Gasteiger partial charge is 0.350 e. The van der Waals surface area contributed by atoms with Crippen molar-refractivity contribution in [3.8, 4) is 0 Å². The van der Waals surface area contributed by atoms with E-state index in [9.17, 15) is 4.79 Å². The summed E-state index contributed by atoms with van der Waals surface area (Å²) in [7, 11) is 0. The predicted octanol–water partition coefficient (Wildman–Crippen LogP) is 2.94. The number of allylic oxidation sites excluding steroid dienone is 1. The second kappa shape index (κ2) is 4.53. The maximum Gasteiger partial charge on any atom is 0.339 e. The number of hydrazone groups is 1. The second-order valence-corrected chi connectivity index (χ2v) is 5.49. The van der Waals surface area contributed by atoms with Crippen LogP contribution in [0.1, 0.15) is 30.5 Å². The van der Waals surface area contributed by atoms with Crippen LogP contribution in [-0.2, 0) is 0 Å².